The predicted octanol–water partition coefficient (Wildman–Crippen LogP) is 5.34. The summed E-state index contributed by atoms with van der Waals surface area (Å²) in [4.78, 5) is 0. The minimum Gasteiger partial charge on any atom is -0.386 e. The number of hydrogen-bond acceptors (Lipinski definition) is 1. The Morgan fingerprint density at radius 1 is 1.20 bits per heavy atom. The van der Waals surface area contributed by atoms with E-state index in [4.69, 9.17) is 0 Å². The van der Waals surface area contributed by atoms with Crippen LogP contribution in [0.5, 0.6) is 0 Å². The average Bonchev–Trinajstić information content (AvgIpc) is 2.36. The molecule has 0 aromatic rings. The van der Waals surface area contributed by atoms with E-state index in [1.807, 2.05) is 6.92 Å². The SMILES string of the molecule is C=C[C@@](C)(O)CC[C@H]1CCC[C@@H]2C(C)(C)CCC[C@@]12C. The first-order valence-electron chi connectivity index (χ1n) is 8.57. The summed E-state index contributed by atoms with van der Waals surface area (Å²) < 4.78 is 0. The Morgan fingerprint density at radius 2 is 1.90 bits per heavy atom. The van der Waals surface area contributed by atoms with Crippen LogP contribution in [-0.2, 0) is 0 Å². The molecule has 2 fully saturated rings. The van der Waals surface area contributed by atoms with E-state index in [0.29, 0.717) is 10.8 Å². The fourth-order valence-corrected chi connectivity index (χ4v) is 5.32. The van der Waals surface area contributed by atoms with E-state index in [2.05, 4.69) is 27.4 Å². The summed E-state index contributed by atoms with van der Waals surface area (Å²) in [5.74, 6) is 1.66. The Bertz CT molecular complexity index is 355. The Balaban J connectivity index is 2.11. The topological polar surface area (TPSA) is 20.2 Å². The van der Waals surface area contributed by atoms with Crippen molar-refractivity contribution in [3.8, 4) is 0 Å². The molecule has 0 heterocycles. The number of aliphatic hydroxyl groups is 1. The van der Waals surface area contributed by atoms with Gasteiger partial charge in [0.05, 0.1) is 5.60 Å². The molecule has 0 spiro atoms. The summed E-state index contributed by atoms with van der Waals surface area (Å²) in [6.45, 7) is 13.2. The molecule has 2 aliphatic rings. The predicted molar refractivity (Wildman–Crippen MR) is 86.6 cm³/mol. The Kier molecular flexibility index (Phi) is 4.40. The van der Waals surface area contributed by atoms with Gasteiger partial charge in [-0.3, -0.25) is 0 Å². The molecular weight excluding hydrogens is 244 g/mol. The van der Waals surface area contributed by atoms with E-state index in [0.717, 1.165) is 24.7 Å². The first-order chi connectivity index (χ1) is 9.21. The smallest absolute Gasteiger partial charge is 0.0797 e. The first kappa shape index (κ1) is 16.1. The van der Waals surface area contributed by atoms with Gasteiger partial charge in [0.25, 0.3) is 0 Å². The van der Waals surface area contributed by atoms with Crippen LogP contribution in [0.2, 0.25) is 0 Å². The quantitative estimate of drug-likeness (QED) is 0.688. The zero-order valence-electron chi connectivity index (χ0n) is 14.0. The van der Waals surface area contributed by atoms with E-state index >= 15 is 0 Å². The minimum absolute atomic E-state index is 0.497. The highest BCUT2D eigenvalue weighted by atomic mass is 16.3. The highest BCUT2D eigenvalue weighted by Crippen LogP contribution is 2.60. The number of rotatable bonds is 4. The third-order valence-corrected chi connectivity index (χ3v) is 6.69. The van der Waals surface area contributed by atoms with Crippen LogP contribution in [0.1, 0.15) is 79.1 Å². The Morgan fingerprint density at radius 3 is 2.55 bits per heavy atom. The third kappa shape index (κ3) is 2.98. The van der Waals surface area contributed by atoms with Gasteiger partial charge in [0.2, 0.25) is 0 Å². The molecule has 1 heteroatoms. The van der Waals surface area contributed by atoms with Crippen molar-refractivity contribution in [1.29, 1.82) is 0 Å². The molecule has 0 unspecified atom stereocenters. The summed E-state index contributed by atoms with van der Waals surface area (Å²) in [5, 5.41) is 10.2. The number of hydrogen-bond donors (Lipinski definition) is 1. The molecule has 2 rings (SSSR count). The van der Waals surface area contributed by atoms with Crippen molar-refractivity contribution in [3.05, 3.63) is 12.7 Å². The summed E-state index contributed by atoms with van der Waals surface area (Å²) >= 11 is 0. The van der Waals surface area contributed by atoms with Crippen molar-refractivity contribution in [1.82, 2.24) is 0 Å². The molecule has 0 aliphatic heterocycles. The van der Waals surface area contributed by atoms with Crippen LogP contribution in [0.15, 0.2) is 12.7 Å². The lowest BCUT2D eigenvalue weighted by Crippen LogP contribution is -2.49. The molecule has 116 valence electrons. The second kappa shape index (κ2) is 5.48. The molecule has 0 amide bonds. The molecule has 2 saturated carbocycles. The summed E-state index contributed by atoms with van der Waals surface area (Å²) in [6.07, 6.45) is 12.0. The molecule has 0 aromatic heterocycles. The highest BCUT2D eigenvalue weighted by molar-refractivity contribution is 5.02. The van der Waals surface area contributed by atoms with Gasteiger partial charge in [-0.1, -0.05) is 39.7 Å². The fourth-order valence-electron chi connectivity index (χ4n) is 5.32. The molecule has 4 atom stereocenters. The van der Waals surface area contributed by atoms with Crippen LogP contribution >= 0.6 is 0 Å². The van der Waals surface area contributed by atoms with Crippen molar-refractivity contribution < 1.29 is 5.11 Å². The number of fused-ring (bicyclic) bond motifs is 1. The van der Waals surface area contributed by atoms with E-state index in [9.17, 15) is 5.11 Å². The van der Waals surface area contributed by atoms with Gasteiger partial charge >= 0.3 is 0 Å². The van der Waals surface area contributed by atoms with Crippen LogP contribution < -0.4 is 0 Å². The van der Waals surface area contributed by atoms with Gasteiger partial charge < -0.3 is 5.11 Å². The second-order valence-corrected chi connectivity index (χ2v) is 8.63. The lowest BCUT2D eigenvalue weighted by atomic mass is 9.48. The molecule has 1 nitrogen and oxygen atoms in total. The van der Waals surface area contributed by atoms with Crippen LogP contribution in [0.4, 0.5) is 0 Å². The molecule has 0 aromatic carbocycles. The van der Waals surface area contributed by atoms with Gasteiger partial charge in [0.15, 0.2) is 0 Å². The second-order valence-electron chi connectivity index (χ2n) is 8.63. The van der Waals surface area contributed by atoms with Crippen molar-refractivity contribution in [2.24, 2.45) is 22.7 Å². The van der Waals surface area contributed by atoms with Gasteiger partial charge in [0.1, 0.15) is 0 Å². The first-order valence-corrected chi connectivity index (χ1v) is 8.57. The van der Waals surface area contributed by atoms with Gasteiger partial charge in [-0.25, -0.2) is 0 Å². The fraction of sp³-hybridized carbons (Fsp3) is 0.895. The summed E-state index contributed by atoms with van der Waals surface area (Å²) in [5.41, 5.74) is 0.317. The lowest BCUT2D eigenvalue weighted by Gasteiger charge is -2.57. The van der Waals surface area contributed by atoms with Crippen molar-refractivity contribution in [3.63, 3.8) is 0 Å². The Labute approximate surface area is 125 Å². The summed E-state index contributed by atoms with van der Waals surface area (Å²) in [7, 11) is 0. The normalized spacial score (nSPS) is 39.6. The molecule has 0 bridgehead atoms. The van der Waals surface area contributed by atoms with Gasteiger partial charge in [-0.05, 0) is 68.1 Å². The molecule has 20 heavy (non-hydrogen) atoms. The van der Waals surface area contributed by atoms with Crippen LogP contribution in [0, 0.1) is 22.7 Å². The maximum absolute atomic E-state index is 10.2. The third-order valence-electron chi connectivity index (χ3n) is 6.69. The minimum atomic E-state index is -0.687. The maximum Gasteiger partial charge on any atom is 0.0797 e. The zero-order valence-corrected chi connectivity index (χ0v) is 14.0. The van der Waals surface area contributed by atoms with Gasteiger partial charge in [-0.15, -0.1) is 6.58 Å². The average molecular weight is 278 g/mol. The van der Waals surface area contributed by atoms with Crippen LogP contribution in [0.25, 0.3) is 0 Å². The van der Waals surface area contributed by atoms with Crippen LogP contribution in [0.3, 0.4) is 0 Å². The maximum atomic E-state index is 10.2. The van der Waals surface area contributed by atoms with Crippen molar-refractivity contribution in [2.75, 3.05) is 0 Å². The van der Waals surface area contributed by atoms with Crippen LogP contribution in [-0.4, -0.2) is 10.7 Å². The molecule has 0 saturated heterocycles. The molecular formula is C19H34O. The van der Waals surface area contributed by atoms with E-state index in [-0.39, 0.29) is 0 Å². The monoisotopic (exact) mass is 278 g/mol. The lowest BCUT2D eigenvalue weighted by molar-refractivity contribution is -0.0792. The summed E-state index contributed by atoms with van der Waals surface area (Å²) in [6, 6.07) is 0. The zero-order chi connectivity index (χ0) is 15.0. The van der Waals surface area contributed by atoms with Gasteiger partial charge in [0, 0.05) is 0 Å². The highest BCUT2D eigenvalue weighted by Gasteiger charge is 2.51. The molecule has 0 radical (unpaired) electrons. The van der Waals surface area contributed by atoms with E-state index in [1.165, 1.54) is 38.5 Å². The Hall–Kier alpha value is -0.300. The standard InChI is InChI=1S/C19H34O/c1-6-18(4,20)14-11-15-9-7-10-16-17(2,3)12-8-13-19(15,16)5/h6,15-16,20H,1,7-14H2,2-5H3/t15-,16-,18-,19+/m1/s1. The molecule has 1 N–H and O–H groups in total. The van der Waals surface area contributed by atoms with E-state index in [1.54, 1.807) is 6.08 Å². The molecule has 2 aliphatic carbocycles. The van der Waals surface area contributed by atoms with Crippen molar-refractivity contribution in [2.45, 2.75) is 84.7 Å². The largest absolute Gasteiger partial charge is 0.386 e. The van der Waals surface area contributed by atoms with E-state index < -0.39 is 5.60 Å². The van der Waals surface area contributed by atoms with Gasteiger partial charge in [-0.2, -0.15) is 0 Å². The van der Waals surface area contributed by atoms with Crippen molar-refractivity contribution >= 4 is 0 Å².